The summed E-state index contributed by atoms with van der Waals surface area (Å²) >= 11 is 0. The molecule has 114 valence electrons. The van der Waals surface area contributed by atoms with Crippen molar-refractivity contribution in [1.29, 1.82) is 0 Å². The van der Waals surface area contributed by atoms with E-state index in [-0.39, 0.29) is 10.9 Å². The minimum Gasteiger partial charge on any atom is -0.370 e. The Labute approximate surface area is 122 Å². The standard InChI is InChI=1S/C14H25N3O2S/c1-5-10-15-14-9-8-13(11-16-14)20(18,19)17(7-3)12(4)6-2/h8-9,11-12H,5-7,10H2,1-4H3,(H,15,16). The van der Waals surface area contributed by atoms with Gasteiger partial charge in [-0.05, 0) is 31.9 Å². The molecule has 5 nitrogen and oxygen atoms in total. The van der Waals surface area contributed by atoms with E-state index in [2.05, 4.69) is 17.2 Å². The van der Waals surface area contributed by atoms with Crippen molar-refractivity contribution >= 4 is 15.8 Å². The van der Waals surface area contributed by atoms with Crippen LogP contribution >= 0.6 is 0 Å². The molecular formula is C14H25N3O2S. The monoisotopic (exact) mass is 299 g/mol. The lowest BCUT2D eigenvalue weighted by Gasteiger charge is -2.26. The van der Waals surface area contributed by atoms with Gasteiger partial charge in [-0.15, -0.1) is 0 Å². The maximum absolute atomic E-state index is 12.6. The average Bonchev–Trinajstić information content (AvgIpc) is 2.45. The van der Waals surface area contributed by atoms with E-state index in [9.17, 15) is 8.42 Å². The Bertz CT molecular complexity index is 500. The minimum atomic E-state index is -3.46. The number of hydrogen-bond acceptors (Lipinski definition) is 4. The fourth-order valence-electron chi connectivity index (χ4n) is 1.95. The summed E-state index contributed by atoms with van der Waals surface area (Å²) in [7, 11) is -3.46. The number of aromatic nitrogens is 1. The molecule has 1 rings (SSSR count). The van der Waals surface area contributed by atoms with Crippen LogP contribution in [0.2, 0.25) is 0 Å². The van der Waals surface area contributed by atoms with Crippen molar-refractivity contribution in [2.75, 3.05) is 18.4 Å². The molecule has 20 heavy (non-hydrogen) atoms. The van der Waals surface area contributed by atoms with Crippen LogP contribution in [0, 0.1) is 0 Å². The smallest absolute Gasteiger partial charge is 0.244 e. The van der Waals surface area contributed by atoms with Gasteiger partial charge in [0.25, 0.3) is 0 Å². The van der Waals surface area contributed by atoms with Gasteiger partial charge in [0.05, 0.1) is 0 Å². The minimum absolute atomic E-state index is 0.0112. The van der Waals surface area contributed by atoms with Crippen LogP contribution < -0.4 is 5.32 Å². The molecule has 0 radical (unpaired) electrons. The number of pyridine rings is 1. The van der Waals surface area contributed by atoms with Crippen LogP contribution in [0.5, 0.6) is 0 Å². The molecule has 0 saturated heterocycles. The van der Waals surface area contributed by atoms with Crippen molar-refractivity contribution in [2.24, 2.45) is 0 Å². The van der Waals surface area contributed by atoms with Crippen LogP contribution in [-0.4, -0.2) is 36.8 Å². The van der Waals surface area contributed by atoms with E-state index in [0.717, 1.165) is 19.4 Å². The van der Waals surface area contributed by atoms with E-state index in [1.807, 2.05) is 20.8 Å². The number of anilines is 1. The average molecular weight is 299 g/mol. The fourth-order valence-corrected chi connectivity index (χ4v) is 3.61. The number of nitrogens with zero attached hydrogens (tertiary/aromatic N) is 2. The summed E-state index contributed by atoms with van der Waals surface area (Å²) in [5.41, 5.74) is 0. The van der Waals surface area contributed by atoms with Crippen molar-refractivity contribution in [3.05, 3.63) is 18.3 Å². The Morgan fingerprint density at radius 2 is 2.00 bits per heavy atom. The fraction of sp³-hybridized carbons (Fsp3) is 0.643. The third-order valence-corrected chi connectivity index (χ3v) is 5.37. The normalized spacial score (nSPS) is 13.4. The molecule has 1 heterocycles. The van der Waals surface area contributed by atoms with Crippen molar-refractivity contribution in [3.8, 4) is 0 Å². The van der Waals surface area contributed by atoms with Gasteiger partial charge in [-0.1, -0.05) is 20.8 Å². The molecule has 0 aliphatic heterocycles. The van der Waals surface area contributed by atoms with E-state index in [1.165, 1.54) is 10.5 Å². The summed E-state index contributed by atoms with van der Waals surface area (Å²) in [6, 6.07) is 3.32. The second kappa shape index (κ2) is 7.59. The molecule has 0 saturated carbocycles. The lowest BCUT2D eigenvalue weighted by Crippen LogP contribution is -2.38. The summed E-state index contributed by atoms with van der Waals surface area (Å²) in [5.74, 6) is 0.706. The zero-order valence-electron chi connectivity index (χ0n) is 12.8. The second-order valence-electron chi connectivity index (χ2n) is 4.77. The maximum atomic E-state index is 12.6. The molecule has 0 spiro atoms. The molecular weight excluding hydrogens is 274 g/mol. The van der Waals surface area contributed by atoms with E-state index in [4.69, 9.17) is 0 Å². The highest BCUT2D eigenvalue weighted by Gasteiger charge is 2.26. The third-order valence-electron chi connectivity index (χ3n) is 3.29. The van der Waals surface area contributed by atoms with Crippen LogP contribution in [0.3, 0.4) is 0 Å². The summed E-state index contributed by atoms with van der Waals surface area (Å²) in [6.07, 6.45) is 3.22. The number of nitrogens with one attached hydrogen (secondary N) is 1. The number of hydrogen-bond donors (Lipinski definition) is 1. The molecule has 1 N–H and O–H groups in total. The van der Waals surface area contributed by atoms with Gasteiger partial charge in [0.2, 0.25) is 10.0 Å². The molecule has 0 aliphatic carbocycles. The van der Waals surface area contributed by atoms with Crippen molar-refractivity contribution in [2.45, 2.75) is 51.5 Å². The summed E-state index contributed by atoms with van der Waals surface area (Å²) in [6.45, 7) is 9.12. The second-order valence-corrected chi connectivity index (χ2v) is 6.66. The van der Waals surface area contributed by atoms with Gasteiger partial charge in [0.1, 0.15) is 10.7 Å². The summed E-state index contributed by atoms with van der Waals surface area (Å²) < 4.78 is 26.6. The predicted octanol–water partition coefficient (Wildman–Crippen LogP) is 2.71. The van der Waals surface area contributed by atoms with Crippen LogP contribution in [-0.2, 0) is 10.0 Å². The largest absolute Gasteiger partial charge is 0.370 e. The van der Waals surface area contributed by atoms with Gasteiger partial charge >= 0.3 is 0 Å². The highest BCUT2D eigenvalue weighted by molar-refractivity contribution is 7.89. The zero-order valence-corrected chi connectivity index (χ0v) is 13.6. The molecule has 1 unspecified atom stereocenters. The van der Waals surface area contributed by atoms with E-state index < -0.39 is 10.0 Å². The first-order valence-corrected chi connectivity index (χ1v) is 8.63. The van der Waals surface area contributed by atoms with Crippen molar-refractivity contribution in [1.82, 2.24) is 9.29 Å². The van der Waals surface area contributed by atoms with Gasteiger partial charge in [-0.3, -0.25) is 0 Å². The molecule has 0 bridgehead atoms. The van der Waals surface area contributed by atoms with Crippen LogP contribution in [0.4, 0.5) is 5.82 Å². The van der Waals surface area contributed by atoms with Crippen LogP contribution in [0.1, 0.15) is 40.5 Å². The van der Waals surface area contributed by atoms with Gasteiger partial charge in [-0.25, -0.2) is 13.4 Å². The Balaban J connectivity index is 2.97. The number of sulfonamides is 1. The van der Waals surface area contributed by atoms with Crippen LogP contribution in [0.15, 0.2) is 23.2 Å². The van der Waals surface area contributed by atoms with E-state index >= 15 is 0 Å². The Morgan fingerprint density at radius 1 is 1.30 bits per heavy atom. The van der Waals surface area contributed by atoms with E-state index in [1.54, 1.807) is 12.1 Å². The highest BCUT2D eigenvalue weighted by atomic mass is 32.2. The zero-order chi connectivity index (χ0) is 15.2. The Hall–Kier alpha value is -1.14. The summed E-state index contributed by atoms with van der Waals surface area (Å²) in [5, 5.41) is 3.13. The molecule has 6 heteroatoms. The molecule has 0 amide bonds. The first-order valence-electron chi connectivity index (χ1n) is 7.19. The first kappa shape index (κ1) is 16.9. The van der Waals surface area contributed by atoms with Crippen LogP contribution in [0.25, 0.3) is 0 Å². The Kier molecular flexibility index (Phi) is 6.42. The maximum Gasteiger partial charge on any atom is 0.244 e. The third kappa shape index (κ3) is 3.93. The summed E-state index contributed by atoms with van der Waals surface area (Å²) in [4.78, 5) is 4.42. The lowest BCUT2D eigenvalue weighted by molar-refractivity contribution is 0.342. The van der Waals surface area contributed by atoms with Gasteiger partial charge in [-0.2, -0.15) is 4.31 Å². The molecule has 0 aliphatic rings. The van der Waals surface area contributed by atoms with Crippen molar-refractivity contribution in [3.63, 3.8) is 0 Å². The van der Waals surface area contributed by atoms with Gasteiger partial charge in [0.15, 0.2) is 0 Å². The molecule has 0 fully saturated rings. The Morgan fingerprint density at radius 3 is 2.45 bits per heavy atom. The first-order chi connectivity index (χ1) is 9.47. The lowest BCUT2D eigenvalue weighted by atomic mass is 10.3. The quantitative estimate of drug-likeness (QED) is 0.801. The SMILES string of the molecule is CCCNc1ccc(S(=O)(=O)N(CC)C(C)CC)cn1. The molecule has 0 aromatic carbocycles. The van der Waals surface area contributed by atoms with Gasteiger partial charge < -0.3 is 5.32 Å². The predicted molar refractivity (Wildman–Crippen MR) is 82.3 cm³/mol. The molecule has 1 atom stereocenters. The number of rotatable bonds is 8. The van der Waals surface area contributed by atoms with Crippen molar-refractivity contribution < 1.29 is 8.42 Å². The highest BCUT2D eigenvalue weighted by Crippen LogP contribution is 2.19. The topological polar surface area (TPSA) is 62.3 Å². The molecule has 1 aromatic heterocycles. The molecule has 1 aromatic rings. The van der Waals surface area contributed by atoms with E-state index in [0.29, 0.717) is 12.4 Å². The van der Waals surface area contributed by atoms with Gasteiger partial charge in [0, 0.05) is 25.3 Å².